The molecule has 1 aliphatic carbocycles. The third-order valence-corrected chi connectivity index (χ3v) is 3.71. The molecular weight excluding hydrogens is 230 g/mol. The molecule has 5 nitrogen and oxygen atoms in total. The summed E-state index contributed by atoms with van der Waals surface area (Å²) in [6.07, 6.45) is 6.59. The van der Waals surface area contributed by atoms with Crippen molar-refractivity contribution in [1.29, 1.82) is 0 Å². The monoisotopic (exact) mass is 251 g/mol. The van der Waals surface area contributed by atoms with Gasteiger partial charge >= 0.3 is 0 Å². The first kappa shape index (κ1) is 13.2. The van der Waals surface area contributed by atoms with Crippen molar-refractivity contribution < 1.29 is 9.47 Å². The first-order valence-corrected chi connectivity index (χ1v) is 6.33. The summed E-state index contributed by atoms with van der Waals surface area (Å²) in [5.41, 5.74) is 7.11. The van der Waals surface area contributed by atoms with Crippen LogP contribution in [0.1, 0.15) is 31.4 Å². The average molecular weight is 251 g/mol. The van der Waals surface area contributed by atoms with Crippen LogP contribution in [0.15, 0.2) is 12.4 Å². The molecule has 1 aromatic rings. The van der Waals surface area contributed by atoms with E-state index in [4.69, 9.17) is 15.2 Å². The number of nitrogens with zero attached hydrogens (tertiary/aromatic N) is 2. The molecule has 0 amide bonds. The van der Waals surface area contributed by atoms with Crippen molar-refractivity contribution >= 4 is 0 Å². The van der Waals surface area contributed by atoms with E-state index < -0.39 is 0 Å². The van der Waals surface area contributed by atoms with Crippen molar-refractivity contribution in [2.75, 3.05) is 14.2 Å². The molecule has 0 saturated heterocycles. The van der Waals surface area contributed by atoms with Crippen LogP contribution in [0.3, 0.4) is 0 Å². The zero-order chi connectivity index (χ0) is 13.0. The molecule has 0 aliphatic heterocycles. The van der Waals surface area contributed by atoms with Gasteiger partial charge in [-0.25, -0.2) is 9.97 Å². The van der Waals surface area contributed by atoms with E-state index in [1.165, 1.54) is 12.7 Å². The van der Waals surface area contributed by atoms with Gasteiger partial charge in [0.05, 0.1) is 12.7 Å². The van der Waals surface area contributed by atoms with E-state index in [1.54, 1.807) is 14.2 Å². The minimum Gasteiger partial charge on any atom is -0.481 e. The molecule has 0 spiro atoms. The predicted molar refractivity (Wildman–Crippen MR) is 68.5 cm³/mol. The van der Waals surface area contributed by atoms with Crippen LogP contribution in [-0.2, 0) is 11.2 Å². The second kappa shape index (κ2) is 5.63. The predicted octanol–water partition coefficient (Wildman–Crippen LogP) is 1.31. The number of hydrogen-bond donors (Lipinski definition) is 1. The van der Waals surface area contributed by atoms with E-state index in [-0.39, 0.29) is 11.6 Å². The number of ether oxygens (including phenoxy) is 2. The molecule has 5 heteroatoms. The largest absolute Gasteiger partial charge is 0.481 e. The Morgan fingerprint density at radius 2 is 2.17 bits per heavy atom. The Kier molecular flexibility index (Phi) is 4.14. The van der Waals surface area contributed by atoms with E-state index in [2.05, 4.69) is 9.97 Å². The average Bonchev–Trinajstić information content (AvgIpc) is 2.34. The molecular formula is C13H21N3O2. The lowest BCUT2D eigenvalue weighted by atomic mass is 9.75. The lowest BCUT2D eigenvalue weighted by Gasteiger charge is -2.42. The number of rotatable bonds is 6. The Morgan fingerprint density at radius 1 is 1.39 bits per heavy atom. The minimum atomic E-state index is 0.0104. The van der Waals surface area contributed by atoms with Crippen LogP contribution < -0.4 is 10.5 Å². The van der Waals surface area contributed by atoms with Crippen molar-refractivity contribution in [2.45, 2.75) is 43.7 Å². The molecule has 100 valence electrons. The summed E-state index contributed by atoms with van der Waals surface area (Å²) < 4.78 is 10.7. The van der Waals surface area contributed by atoms with Crippen LogP contribution in [0.4, 0.5) is 0 Å². The van der Waals surface area contributed by atoms with Gasteiger partial charge in [-0.3, -0.25) is 0 Å². The first-order chi connectivity index (χ1) is 8.67. The number of methoxy groups -OCH3 is 2. The van der Waals surface area contributed by atoms with Crippen molar-refractivity contribution in [2.24, 2.45) is 5.73 Å². The molecule has 0 aromatic carbocycles. The Labute approximate surface area is 108 Å². The fourth-order valence-electron chi connectivity index (χ4n) is 2.48. The third kappa shape index (κ3) is 2.97. The summed E-state index contributed by atoms with van der Waals surface area (Å²) in [5, 5.41) is 0. The van der Waals surface area contributed by atoms with Gasteiger partial charge in [0.15, 0.2) is 0 Å². The normalized spacial score (nSPS) is 19.1. The summed E-state index contributed by atoms with van der Waals surface area (Å²) in [7, 11) is 3.37. The van der Waals surface area contributed by atoms with Crippen molar-refractivity contribution in [3.8, 4) is 5.88 Å². The molecule has 1 aliphatic rings. The number of hydrogen-bond acceptors (Lipinski definition) is 5. The van der Waals surface area contributed by atoms with Gasteiger partial charge in [0.1, 0.15) is 6.33 Å². The maximum atomic E-state index is 6.19. The van der Waals surface area contributed by atoms with Gasteiger partial charge in [-0.1, -0.05) is 0 Å². The quantitative estimate of drug-likeness (QED) is 0.825. The highest BCUT2D eigenvalue weighted by atomic mass is 16.5. The van der Waals surface area contributed by atoms with Gasteiger partial charge in [0.25, 0.3) is 0 Å². The van der Waals surface area contributed by atoms with Crippen LogP contribution in [0.5, 0.6) is 5.88 Å². The second-order valence-electron chi connectivity index (χ2n) is 4.96. The van der Waals surface area contributed by atoms with Crippen LogP contribution in [0, 0.1) is 0 Å². The van der Waals surface area contributed by atoms with Crippen molar-refractivity contribution in [3.63, 3.8) is 0 Å². The second-order valence-corrected chi connectivity index (χ2v) is 4.96. The van der Waals surface area contributed by atoms with Gasteiger partial charge in [-0.2, -0.15) is 0 Å². The van der Waals surface area contributed by atoms with E-state index >= 15 is 0 Å². The first-order valence-electron chi connectivity index (χ1n) is 6.33. The summed E-state index contributed by atoms with van der Waals surface area (Å²) in [6.45, 7) is 0. The van der Waals surface area contributed by atoms with Crippen LogP contribution in [0.2, 0.25) is 0 Å². The zero-order valence-corrected chi connectivity index (χ0v) is 11.1. The highest BCUT2D eigenvalue weighted by Gasteiger charge is 2.38. The molecule has 2 rings (SSSR count). The molecule has 18 heavy (non-hydrogen) atoms. The lowest BCUT2D eigenvalue weighted by molar-refractivity contribution is -0.0813. The standard InChI is InChI=1S/C13H21N3O2/c1-17-12-7-11(15-9-16-12)6-10(14)8-13(18-2)4-3-5-13/h7,9-10H,3-6,8,14H2,1-2H3. The molecule has 1 aromatic heterocycles. The van der Waals surface area contributed by atoms with Crippen LogP contribution in [0.25, 0.3) is 0 Å². The SMILES string of the molecule is COc1cc(CC(N)CC2(OC)CCC2)ncn1. The van der Waals surface area contributed by atoms with Gasteiger partial charge < -0.3 is 15.2 Å². The van der Waals surface area contributed by atoms with Gasteiger partial charge in [-0.05, 0) is 25.7 Å². The Bertz CT molecular complexity index is 388. The summed E-state index contributed by atoms with van der Waals surface area (Å²) in [5.74, 6) is 0.581. The maximum Gasteiger partial charge on any atom is 0.216 e. The zero-order valence-electron chi connectivity index (χ0n) is 11.1. The lowest BCUT2D eigenvalue weighted by Crippen LogP contribution is -2.45. The Hall–Kier alpha value is -1.20. The number of nitrogens with two attached hydrogens (primary N) is 1. The Morgan fingerprint density at radius 3 is 2.72 bits per heavy atom. The molecule has 1 fully saturated rings. The third-order valence-electron chi connectivity index (χ3n) is 3.71. The Balaban J connectivity index is 1.92. The van der Waals surface area contributed by atoms with Crippen LogP contribution in [-0.4, -0.2) is 35.8 Å². The molecule has 0 bridgehead atoms. The van der Waals surface area contributed by atoms with Crippen molar-refractivity contribution in [3.05, 3.63) is 18.1 Å². The van der Waals surface area contributed by atoms with Gasteiger partial charge in [-0.15, -0.1) is 0 Å². The topological polar surface area (TPSA) is 70.3 Å². The summed E-state index contributed by atoms with van der Waals surface area (Å²) >= 11 is 0. The van der Waals surface area contributed by atoms with Gasteiger partial charge in [0.2, 0.25) is 5.88 Å². The van der Waals surface area contributed by atoms with Gasteiger partial charge in [0, 0.05) is 31.3 Å². The smallest absolute Gasteiger partial charge is 0.216 e. The molecule has 1 saturated carbocycles. The molecule has 1 atom stereocenters. The summed E-state index contributed by atoms with van der Waals surface area (Å²) in [6, 6.07) is 1.89. The van der Waals surface area contributed by atoms with E-state index in [0.29, 0.717) is 5.88 Å². The molecule has 0 radical (unpaired) electrons. The maximum absolute atomic E-state index is 6.19. The highest BCUT2D eigenvalue weighted by Crippen LogP contribution is 2.38. The minimum absolute atomic E-state index is 0.0104. The van der Waals surface area contributed by atoms with Crippen LogP contribution >= 0.6 is 0 Å². The van der Waals surface area contributed by atoms with E-state index in [9.17, 15) is 0 Å². The number of aromatic nitrogens is 2. The molecule has 1 unspecified atom stereocenters. The summed E-state index contributed by atoms with van der Waals surface area (Å²) in [4.78, 5) is 8.20. The van der Waals surface area contributed by atoms with Crippen molar-refractivity contribution in [1.82, 2.24) is 9.97 Å². The molecule has 2 N–H and O–H groups in total. The van der Waals surface area contributed by atoms with E-state index in [1.807, 2.05) is 6.07 Å². The van der Waals surface area contributed by atoms with E-state index in [0.717, 1.165) is 31.4 Å². The fourth-order valence-corrected chi connectivity index (χ4v) is 2.48. The molecule has 1 heterocycles. The fraction of sp³-hybridized carbons (Fsp3) is 0.692. The highest BCUT2D eigenvalue weighted by molar-refractivity contribution is 5.14.